The summed E-state index contributed by atoms with van der Waals surface area (Å²) < 4.78 is 0. The van der Waals surface area contributed by atoms with Gasteiger partial charge in [-0.25, -0.2) is 0 Å². The maximum atomic E-state index is 2.35. The Morgan fingerprint density at radius 3 is 3.00 bits per heavy atom. The summed E-state index contributed by atoms with van der Waals surface area (Å²) in [5, 5.41) is 0. The number of hydrogen-bond acceptors (Lipinski definition) is 0. The highest BCUT2D eigenvalue weighted by atomic mass is 14.2. The van der Waals surface area contributed by atoms with Gasteiger partial charge in [0.05, 0.1) is 0 Å². The molecule has 64 valence electrons. The Balaban J connectivity index is 2.46. The van der Waals surface area contributed by atoms with Crippen molar-refractivity contribution >= 4 is 0 Å². The maximum absolute atomic E-state index is 2.35. The summed E-state index contributed by atoms with van der Waals surface area (Å²) in [6.45, 7) is 4.52. The van der Waals surface area contributed by atoms with Crippen LogP contribution in [0.1, 0.15) is 42.4 Å². The normalized spacial score (nSPS) is 22.0. The molecule has 1 aromatic rings. The van der Waals surface area contributed by atoms with Crippen LogP contribution in [0.3, 0.4) is 0 Å². The smallest absolute Gasteiger partial charge is 0.0188 e. The van der Waals surface area contributed by atoms with E-state index in [9.17, 15) is 0 Å². The van der Waals surface area contributed by atoms with Gasteiger partial charge < -0.3 is 0 Å². The predicted molar refractivity (Wildman–Crippen MR) is 52.5 cm³/mol. The number of benzene rings is 1. The first kappa shape index (κ1) is 7.85. The van der Waals surface area contributed by atoms with E-state index in [1.165, 1.54) is 24.8 Å². The average molecular weight is 160 g/mol. The molecule has 0 heterocycles. The molecule has 0 spiro atoms. The fourth-order valence-electron chi connectivity index (χ4n) is 2.19. The minimum Gasteiger partial charge on any atom is -0.0590 e. The second kappa shape index (κ2) is 2.93. The molecule has 0 unspecified atom stereocenters. The lowest BCUT2D eigenvalue weighted by molar-refractivity contribution is 0.590. The highest BCUT2D eigenvalue weighted by molar-refractivity contribution is 5.35. The first-order chi connectivity index (χ1) is 5.77. The molecule has 1 aliphatic rings. The summed E-state index contributed by atoms with van der Waals surface area (Å²) in [7, 11) is 0. The topological polar surface area (TPSA) is 0 Å². The third-order valence-corrected chi connectivity index (χ3v) is 2.91. The molecule has 2 rings (SSSR count). The number of fused-ring (bicyclic) bond motifs is 1. The summed E-state index contributed by atoms with van der Waals surface area (Å²) in [5.74, 6) is 0.786. The van der Waals surface area contributed by atoms with Crippen LogP contribution in [0.25, 0.3) is 0 Å². The lowest BCUT2D eigenvalue weighted by atomic mass is 9.83. The lowest BCUT2D eigenvalue weighted by Gasteiger charge is -2.22. The predicted octanol–water partition coefficient (Wildman–Crippen LogP) is 3.43. The highest BCUT2D eigenvalue weighted by Crippen LogP contribution is 2.31. The summed E-state index contributed by atoms with van der Waals surface area (Å²) in [4.78, 5) is 0. The first-order valence-electron chi connectivity index (χ1n) is 4.87. The van der Waals surface area contributed by atoms with Gasteiger partial charge in [-0.3, -0.25) is 0 Å². The Morgan fingerprint density at radius 1 is 1.33 bits per heavy atom. The molecule has 0 heteroatoms. The van der Waals surface area contributed by atoms with Gasteiger partial charge in [0, 0.05) is 0 Å². The molecule has 0 bridgehead atoms. The second-order valence-electron chi connectivity index (χ2n) is 4.00. The van der Waals surface area contributed by atoms with Crippen LogP contribution in [0.2, 0.25) is 0 Å². The molecule has 0 saturated heterocycles. The van der Waals surface area contributed by atoms with Crippen LogP contribution < -0.4 is 0 Å². The zero-order valence-electron chi connectivity index (χ0n) is 7.93. The van der Waals surface area contributed by atoms with Crippen LogP contribution in [-0.4, -0.2) is 0 Å². The molecule has 1 aromatic carbocycles. The van der Waals surface area contributed by atoms with Crippen molar-refractivity contribution in [2.24, 2.45) is 0 Å². The van der Waals surface area contributed by atoms with Crippen molar-refractivity contribution in [2.45, 2.75) is 39.0 Å². The summed E-state index contributed by atoms with van der Waals surface area (Å²) in [6.07, 6.45) is 4.04. The Kier molecular flexibility index (Phi) is 1.92. The molecular formula is C12H16. The fourth-order valence-corrected chi connectivity index (χ4v) is 2.19. The van der Waals surface area contributed by atoms with Gasteiger partial charge >= 0.3 is 0 Å². The molecule has 0 amide bonds. The van der Waals surface area contributed by atoms with Crippen molar-refractivity contribution < 1.29 is 0 Å². The fraction of sp³-hybridized carbons (Fsp3) is 0.500. The second-order valence-corrected chi connectivity index (χ2v) is 4.00. The van der Waals surface area contributed by atoms with Gasteiger partial charge in [0.1, 0.15) is 0 Å². The third-order valence-electron chi connectivity index (χ3n) is 2.91. The highest BCUT2D eigenvalue weighted by Gasteiger charge is 2.15. The third kappa shape index (κ3) is 1.26. The molecule has 1 atom stereocenters. The average Bonchev–Trinajstić information content (AvgIpc) is 2.04. The summed E-state index contributed by atoms with van der Waals surface area (Å²) >= 11 is 0. The van der Waals surface area contributed by atoms with E-state index in [-0.39, 0.29) is 0 Å². The Morgan fingerprint density at radius 2 is 2.17 bits per heavy atom. The molecule has 0 saturated carbocycles. The summed E-state index contributed by atoms with van der Waals surface area (Å²) in [6, 6.07) is 6.90. The maximum Gasteiger partial charge on any atom is -0.0188 e. The van der Waals surface area contributed by atoms with Crippen LogP contribution in [-0.2, 0) is 6.42 Å². The van der Waals surface area contributed by atoms with Crippen molar-refractivity contribution in [2.75, 3.05) is 0 Å². The minimum absolute atomic E-state index is 0.786. The molecule has 12 heavy (non-hydrogen) atoms. The van der Waals surface area contributed by atoms with Crippen LogP contribution >= 0.6 is 0 Å². The van der Waals surface area contributed by atoms with Crippen molar-refractivity contribution in [3.8, 4) is 0 Å². The van der Waals surface area contributed by atoms with Crippen LogP contribution in [0.5, 0.6) is 0 Å². The van der Waals surface area contributed by atoms with E-state index in [4.69, 9.17) is 0 Å². The Bertz CT molecular complexity index is 286. The summed E-state index contributed by atoms with van der Waals surface area (Å²) in [5.41, 5.74) is 4.59. The van der Waals surface area contributed by atoms with E-state index in [1.807, 2.05) is 0 Å². The van der Waals surface area contributed by atoms with Crippen molar-refractivity contribution in [3.63, 3.8) is 0 Å². The van der Waals surface area contributed by atoms with Crippen LogP contribution in [0.15, 0.2) is 18.2 Å². The number of aryl methyl sites for hydroxylation is 2. The van der Waals surface area contributed by atoms with Gasteiger partial charge in [-0.1, -0.05) is 30.7 Å². The van der Waals surface area contributed by atoms with Gasteiger partial charge in [-0.15, -0.1) is 0 Å². The molecule has 0 aromatic heterocycles. The van der Waals surface area contributed by atoms with Gasteiger partial charge in [0.2, 0.25) is 0 Å². The van der Waals surface area contributed by atoms with E-state index < -0.39 is 0 Å². The first-order valence-corrected chi connectivity index (χ1v) is 4.87. The van der Waals surface area contributed by atoms with Gasteiger partial charge in [-0.05, 0) is 43.2 Å². The number of rotatable bonds is 0. The van der Waals surface area contributed by atoms with E-state index in [2.05, 4.69) is 32.0 Å². The molecule has 0 aliphatic heterocycles. The zero-order chi connectivity index (χ0) is 8.55. The quantitative estimate of drug-likeness (QED) is 0.545. The largest absolute Gasteiger partial charge is 0.0590 e. The van der Waals surface area contributed by atoms with E-state index in [0.717, 1.165) is 5.92 Å². The molecule has 1 aliphatic carbocycles. The van der Waals surface area contributed by atoms with Crippen molar-refractivity contribution in [3.05, 3.63) is 34.9 Å². The van der Waals surface area contributed by atoms with Crippen molar-refractivity contribution in [1.29, 1.82) is 0 Å². The van der Waals surface area contributed by atoms with Gasteiger partial charge in [0.25, 0.3) is 0 Å². The Hall–Kier alpha value is -0.780. The lowest BCUT2D eigenvalue weighted by Crippen LogP contribution is -2.06. The monoisotopic (exact) mass is 160 g/mol. The molecule has 0 N–H and O–H groups in total. The zero-order valence-corrected chi connectivity index (χ0v) is 7.93. The van der Waals surface area contributed by atoms with E-state index >= 15 is 0 Å². The minimum atomic E-state index is 0.786. The van der Waals surface area contributed by atoms with Crippen molar-refractivity contribution in [1.82, 2.24) is 0 Å². The van der Waals surface area contributed by atoms with E-state index in [0.29, 0.717) is 0 Å². The van der Waals surface area contributed by atoms with Gasteiger partial charge in [0.15, 0.2) is 0 Å². The van der Waals surface area contributed by atoms with E-state index in [1.54, 1.807) is 11.1 Å². The Labute approximate surface area is 74.6 Å². The van der Waals surface area contributed by atoms with Gasteiger partial charge in [-0.2, -0.15) is 0 Å². The van der Waals surface area contributed by atoms with Crippen LogP contribution in [0, 0.1) is 6.92 Å². The standard InChI is InChI=1S/C12H16/c1-9-6-7-12-10(2)4-3-5-11(12)8-9/h6-8,10H,3-5H2,1-2H3/t10-/m1/s1. The van der Waals surface area contributed by atoms with Crippen LogP contribution in [0.4, 0.5) is 0 Å². The molecule has 0 fully saturated rings. The molecule has 0 radical (unpaired) electrons. The molecular weight excluding hydrogens is 144 g/mol. The SMILES string of the molecule is Cc1ccc2c(c1)CCC[C@H]2C. The number of hydrogen-bond donors (Lipinski definition) is 0. The molecule has 0 nitrogen and oxygen atoms in total.